The second-order valence-electron chi connectivity index (χ2n) is 7.08. The van der Waals surface area contributed by atoms with E-state index in [1.165, 1.54) is 11.3 Å². The van der Waals surface area contributed by atoms with Crippen molar-refractivity contribution in [3.63, 3.8) is 0 Å². The summed E-state index contributed by atoms with van der Waals surface area (Å²) in [6, 6.07) is 0.133. The van der Waals surface area contributed by atoms with Gasteiger partial charge in [-0.25, -0.2) is 4.98 Å². The number of carbonyl (C=O) groups excluding carboxylic acids is 1. The number of fused-ring (bicyclic) bond motifs is 1. The monoisotopic (exact) mass is 362 g/mol. The lowest BCUT2D eigenvalue weighted by Crippen LogP contribution is -2.49. The summed E-state index contributed by atoms with van der Waals surface area (Å²) in [5.41, 5.74) is 6.73. The first-order valence-corrected chi connectivity index (χ1v) is 9.70. The molecule has 3 rings (SSSR count). The Hall–Kier alpha value is -1.73. The van der Waals surface area contributed by atoms with Gasteiger partial charge >= 0.3 is 0 Å². The summed E-state index contributed by atoms with van der Waals surface area (Å²) < 4.78 is 0. The largest absolute Gasteiger partial charge is 0.338 e. The summed E-state index contributed by atoms with van der Waals surface area (Å²) in [5, 5.41) is 0.672. The third-order valence-corrected chi connectivity index (χ3v) is 6.34. The SMILES string of the molecule is Cc1sc2nc(CCC(=O)N3CCC(C)CC3CN)[nH]c(=O)c2c1C. The quantitative estimate of drug-likeness (QED) is 0.871. The molecule has 0 aromatic carbocycles. The Bertz CT molecular complexity index is 841. The van der Waals surface area contributed by atoms with Crippen molar-refractivity contribution in [3.05, 3.63) is 26.6 Å². The Morgan fingerprint density at radius 1 is 1.44 bits per heavy atom. The van der Waals surface area contributed by atoms with E-state index < -0.39 is 0 Å². The molecule has 3 N–H and O–H groups in total. The van der Waals surface area contributed by atoms with Crippen LogP contribution < -0.4 is 11.3 Å². The third kappa shape index (κ3) is 3.62. The molecule has 0 saturated carbocycles. The smallest absolute Gasteiger partial charge is 0.259 e. The molecule has 0 bridgehead atoms. The number of likely N-dealkylation sites (tertiary alicyclic amines) is 1. The highest BCUT2D eigenvalue weighted by Gasteiger charge is 2.28. The van der Waals surface area contributed by atoms with Crippen LogP contribution in [0.5, 0.6) is 0 Å². The maximum Gasteiger partial charge on any atom is 0.259 e. The molecule has 0 spiro atoms. The van der Waals surface area contributed by atoms with Crippen LogP contribution in [0, 0.1) is 19.8 Å². The van der Waals surface area contributed by atoms with Crippen molar-refractivity contribution in [1.82, 2.24) is 14.9 Å². The molecule has 136 valence electrons. The van der Waals surface area contributed by atoms with Gasteiger partial charge in [-0.3, -0.25) is 9.59 Å². The molecule has 3 heterocycles. The zero-order chi connectivity index (χ0) is 18.1. The fourth-order valence-electron chi connectivity index (χ4n) is 3.59. The molecule has 25 heavy (non-hydrogen) atoms. The Morgan fingerprint density at radius 2 is 2.20 bits per heavy atom. The first kappa shape index (κ1) is 18.1. The lowest BCUT2D eigenvalue weighted by molar-refractivity contribution is -0.135. The van der Waals surface area contributed by atoms with Crippen molar-refractivity contribution in [3.8, 4) is 0 Å². The molecule has 2 unspecified atom stereocenters. The van der Waals surface area contributed by atoms with E-state index in [9.17, 15) is 9.59 Å². The highest BCUT2D eigenvalue weighted by molar-refractivity contribution is 7.18. The molecule has 0 radical (unpaired) electrons. The molecular formula is C18H26N4O2S. The predicted octanol–water partition coefficient (Wildman–Crippen LogP) is 2.12. The first-order valence-electron chi connectivity index (χ1n) is 8.89. The molecule has 1 aliphatic heterocycles. The van der Waals surface area contributed by atoms with Crippen LogP contribution >= 0.6 is 11.3 Å². The van der Waals surface area contributed by atoms with E-state index in [-0.39, 0.29) is 17.5 Å². The molecule has 1 fully saturated rings. The second kappa shape index (κ2) is 7.25. The van der Waals surface area contributed by atoms with Crippen LogP contribution in [0.25, 0.3) is 10.2 Å². The minimum atomic E-state index is -0.110. The summed E-state index contributed by atoms with van der Waals surface area (Å²) >= 11 is 1.53. The van der Waals surface area contributed by atoms with Gasteiger partial charge in [0.2, 0.25) is 5.91 Å². The molecule has 6 nitrogen and oxygen atoms in total. The van der Waals surface area contributed by atoms with Crippen LogP contribution in [-0.4, -0.2) is 39.9 Å². The van der Waals surface area contributed by atoms with E-state index in [1.54, 1.807) is 0 Å². The molecule has 2 aromatic rings. The van der Waals surface area contributed by atoms with Crippen molar-refractivity contribution in [2.75, 3.05) is 13.1 Å². The molecule has 1 amide bonds. The summed E-state index contributed by atoms with van der Waals surface area (Å²) in [6.45, 7) is 7.42. The van der Waals surface area contributed by atoms with Gasteiger partial charge in [0, 0.05) is 36.9 Å². The fourth-order valence-corrected chi connectivity index (χ4v) is 4.64. The zero-order valence-electron chi connectivity index (χ0n) is 15.1. The summed E-state index contributed by atoms with van der Waals surface area (Å²) in [5.74, 6) is 1.30. The molecule has 2 aromatic heterocycles. The van der Waals surface area contributed by atoms with Crippen LogP contribution in [0.1, 0.15) is 42.5 Å². The molecule has 2 atom stereocenters. The van der Waals surface area contributed by atoms with Gasteiger partial charge < -0.3 is 15.6 Å². The van der Waals surface area contributed by atoms with Gasteiger partial charge in [-0.05, 0) is 38.2 Å². The normalized spacial score (nSPS) is 21.0. The van der Waals surface area contributed by atoms with Crippen molar-refractivity contribution in [2.45, 2.75) is 52.5 Å². The van der Waals surface area contributed by atoms with Crippen LogP contribution in [0.4, 0.5) is 0 Å². The molecule has 0 aliphatic carbocycles. The van der Waals surface area contributed by atoms with Crippen LogP contribution in [0.3, 0.4) is 0 Å². The Balaban J connectivity index is 1.72. The van der Waals surface area contributed by atoms with E-state index in [0.29, 0.717) is 36.5 Å². The summed E-state index contributed by atoms with van der Waals surface area (Å²) in [7, 11) is 0. The number of nitrogens with two attached hydrogens (primary N) is 1. The Kier molecular flexibility index (Phi) is 5.24. The van der Waals surface area contributed by atoms with Gasteiger partial charge in [-0.15, -0.1) is 11.3 Å². The number of nitrogens with zero attached hydrogens (tertiary/aromatic N) is 2. The summed E-state index contributed by atoms with van der Waals surface area (Å²) in [6.07, 6.45) is 2.79. The number of hydrogen-bond donors (Lipinski definition) is 2. The lowest BCUT2D eigenvalue weighted by atomic mass is 9.92. The number of nitrogens with one attached hydrogen (secondary N) is 1. The van der Waals surface area contributed by atoms with E-state index in [2.05, 4.69) is 16.9 Å². The fraction of sp³-hybridized carbons (Fsp3) is 0.611. The van der Waals surface area contributed by atoms with Gasteiger partial charge in [0.15, 0.2) is 0 Å². The van der Waals surface area contributed by atoms with Gasteiger partial charge in [0.1, 0.15) is 10.7 Å². The van der Waals surface area contributed by atoms with Crippen molar-refractivity contribution >= 4 is 27.5 Å². The molecule has 1 aliphatic rings. The number of hydrogen-bond acceptors (Lipinski definition) is 5. The number of amides is 1. The lowest BCUT2D eigenvalue weighted by Gasteiger charge is -2.38. The minimum Gasteiger partial charge on any atom is -0.338 e. The number of aromatic nitrogens is 2. The highest BCUT2D eigenvalue weighted by Crippen LogP contribution is 2.26. The van der Waals surface area contributed by atoms with E-state index in [0.717, 1.165) is 34.7 Å². The maximum absolute atomic E-state index is 12.6. The first-order chi connectivity index (χ1) is 11.9. The average Bonchev–Trinajstić information content (AvgIpc) is 2.87. The standard InChI is InChI=1S/C18H26N4O2S/c1-10-6-7-22(13(8-10)9-19)15(23)5-4-14-20-17(24)16-11(2)12(3)25-18(16)21-14/h10,13H,4-9,19H2,1-3H3,(H,20,21,24). The number of piperidine rings is 1. The van der Waals surface area contributed by atoms with Crippen molar-refractivity contribution in [1.29, 1.82) is 0 Å². The maximum atomic E-state index is 12.6. The van der Waals surface area contributed by atoms with Crippen LogP contribution in [-0.2, 0) is 11.2 Å². The number of aryl methyl sites for hydroxylation is 3. The van der Waals surface area contributed by atoms with Crippen molar-refractivity contribution in [2.24, 2.45) is 11.7 Å². The predicted molar refractivity (Wildman–Crippen MR) is 101 cm³/mol. The van der Waals surface area contributed by atoms with Gasteiger partial charge in [0.25, 0.3) is 5.56 Å². The van der Waals surface area contributed by atoms with E-state index >= 15 is 0 Å². The number of aromatic amines is 1. The average molecular weight is 362 g/mol. The molecule has 1 saturated heterocycles. The number of H-pyrrole nitrogens is 1. The molecular weight excluding hydrogens is 336 g/mol. The third-order valence-electron chi connectivity index (χ3n) is 5.23. The number of carbonyl (C=O) groups is 1. The molecule has 7 heteroatoms. The van der Waals surface area contributed by atoms with Crippen LogP contribution in [0.15, 0.2) is 4.79 Å². The zero-order valence-corrected chi connectivity index (χ0v) is 15.9. The Labute approximate surface area is 151 Å². The van der Waals surface area contributed by atoms with Gasteiger partial charge in [-0.1, -0.05) is 6.92 Å². The van der Waals surface area contributed by atoms with Gasteiger partial charge in [-0.2, -0.15) is 0 Å². The Morgan fingerprint density at radius 3 is 2.92 bits per heavy atom. The van der Waals surface area contributed by atoms with Crippen LogP contribution in [0.2, 0.25) is 0 Å². The van der Waals surface area contributed by atoms with Crippen molar-refractivity contribution < 1.29 is 4.79 Å². The number of thiophene rings is 1. The second-order valence-corrected chi connectivity index (χ2v) is 8.29. The number of rotatable bonds is 4. The minimum absolute atomic E-state index is 0.101. The topological polar surface area (TPSA) is 92.1 Å². The summed E-state index contributed by atoms with van der Waals surface area (Å²) in [4.78, 5) is 36.1. The highest BCUT2D eigenvalue weighted by atomic mass is 32.1. The van der Waals surface area contributed by atoms with E-state index in [1.807, 2.05) is 18.7 Å². The van der Waals surface area contributed by atoms with E-state index in [4.69, 9.17) is 5.73 Å². The van der Waals surface area contributed by atoms with Gasteiger partial charge in [0.05, 0.1) is 5.39 Å².